The molecule has 1 saturated carbocycles. The van der Waals surface area contributed by atoms with E-state index in [1.54, 1.807) is 4.90 Å². The van der Waals surface area contributed by atoms with Gasteiger partial charge in [-0.3, -0.25) is 9.59 Å². The smallest absolute Gasteiger partial charge is 0.242 e. The number of nitrogens with one attached hydrogen (secondary N) is 1. The van der Waals surface area contributed by atoms with E-state index in [0.717, 1.165) is 38.8 Å². The van der Waals surface area contributed by atoms with Crippen LogP contribution in [0.3, 0.4) is 0 Å². The van der Waals surface area contributed by atoms with Crippen LogP contribution in [0, 0.1) is 0 Å². The maximum Gasteiger partial charge on any atom is 0.242 e. The summed E-state index contributed by atoms with van der Waals surface area (Å²) in [6.07, 6.45) is 4.68. The average molecular weight is 281 g/mol. The van der Waals surface area contributed by atoms with Crippen molar-refractivity contribution in [1.29, 1.82) is 0 Å². The summed E-state index contributed by atoms with van der Waals surface area (Å²) in [4.78, 5) is 27.6. The Morgan fingerprint density at radius 1 is 1.30 bits per heavy atom. The molecule has 20 heavy (non-hydrogen) atoms. The van der Waals surface area contributed by atoms with Crippen LogP contribution in [0.1, 0.15) is 25.7 Å². The van der Waals surface area contributed by atoms with Crippen molar-refractivity contribution >= 4 is 11.8 Å². The largest absolute Gasteiger partial charge is 0.377 e. The van der Waals surface area contributed by atoms with Crippen molar-refractivity contribution in [2.45, 2.75) is 37.8 Å². The van der Waals surface area contributed by atoms with Crippen molar-refractivity contribution in [3.8, 4) is 0 Å². The Balaban J connectivity index is 1.37. The van der Waals surface area contributed by atoms with E-state index in [0.29, 0.717) is 25.7 Å². The first-order chi connectivity index (χ1) is 9.74. The van der Waals surface area contributed by atoms with Crippen LogP contribution in [0.4, 0.5) is 0 Å². The number of piperazine rings is 1. The Kier molecular flexibility index (Phi) is 4.21. The topological polar surface area (TPSA) is 61.9 Å². The number of carbonyl (C=O) groups is 2. The number of hydrogen-bond donors (Lipinski definition) is 1. The predicted octanol–water partition coefficient (Wildman–Crippen LogP) is -0.412. The van der Waals surface area contributed by atoms with E-state index in [-0.39, 0.29) is 24.5 Å². The van der Waals surface area contributed by atoms with Crippen molar-refractivity contribution < 1.29 is 14.3 Å². The van der Waals surface area contributed by atoms with Gasteiger partial charge in [0, 0.05) is 32.3 Å². The molecule has 0 radical (unpaired) electrons. The maximum absolute atomic E-state index is 12.1. The third-order valence-corrected chi connectivity index (χ3v) is 4.27. The number of hydrogen-bond acceptors (Lipinski definition) is 4. The molecule has 2 aliphatic heterocycles. The second kappa shape index (κ2) is 6.10. The molecule has 3 rings (SSSR count). The Bertz CT molecular complexity index is 378. The predicted molar refractivity (Wildman–Crippen MR) is 73.2 cm³/mol. The van der Waals surface area contributed by atoms with Gasteiger partial charge in [0.1, 0.15) is 0 Å². The molecule has 0 aromatic heterocycles. The third-order valence-electron chi connectivity index (χ3n) is 4.27. The summed E-state index contributed by atoms with van der Waals surface area (Å²) < 4.78 is 5.50. The molecule has 3 aliphatic rings. The molecule has 1 unspecified atom stereocenters. The highest BCUT2D eigenvalue weighted by Crippen LogP contribution is 2.27. The van der Waals surface area contributed by atoms with Gasteiger partial charge < -0.3 is 19.9 Å². The minimum absolute atomic E-state index is 0.0202. The lowest BCUT2D eigenvalue weighted by Crippen LogP contribution is -2.54. The van der Waals surface area contributed by atoms with Crippen molar-refractivity contribution in [2.75, 3.05) is 39.3 Å². The van der Waals surface area contributed by atoms with Crippen LogP contribution in [0.25, 0.3) is 0 Å². The molecule has 112 valence electrons. The molecule has 6 heteroatoms. The van der Waals surface area contributed by atoms with Gasteiger partial charge in [-0.2, -0.15) is 0 Å². The molecule has 0 bridgehead atoms. The van der Waals surface area contributed by atoms with E-state index in [1.165, 1.54) is 0 Å². The van der Waals surface area contributed by atoms with Crippen LogP contribution in [-0.4, -0.2) is 73.1 Å². The number of amides is 2. The van der Waals surface area contributed by atoms with E-state index in [2.05, 4.69) is 5.32 Å². The summed E-state index contributed by atoms with van der Waals surface area (Å²) in [5.41, 5.74) is 0. The summed E-state index contributed by atoms with van der Waals surface area (Å²) in [6, 6.07) is 0.456. The lowest BCUT2D eigenvalue weighted by Gasteiger charge is -2.34. The Hall–Kier alpha value is -1.14. The molecule has 3 fully saturated rings. The van der Waals surface area contributed by atoms with Crippen molar-refractivity contribution in [3.05, 3.63) is 0 Å². The van der Waals surface area contributed by atoms with Crippen molar-refractivity contribution in [1.82, 2.24) is 15.1 Å². The normalized spacial score (nSPS) is 27.2. The molecule has 1 N–H and O–H groups in total. The molecule has 1 aliphatic carbocycles. The van der Waals surface area contributed by atoms with Gasteiger partial charge in [0.2, 0.25) is 11.8 Å². The standard InChI is InChI=1S/C14H23N3O3/c18-13(9-15-8-12-2-1-7-20-12)16-5-6-17(11-3-4-11)14(19)10-16/h11-12,15H,1-10H2. The fourth-order valence-electron chi connectivity index (χ4n) is 2.93. The highest BCUT2D eigenvalue weighted by Gasteiger charge is 2.36. The molecule has 2 saturated heterocycles. The van der Waals surface area contributed by atoms with Gasteiger partial charge in [0.15, 0.2) is 0 Å². The van der Waals surface area contributed by atoms with Gasteiger partial charge in [-0.1, -0.05) is 0 Å². The third kappa shape index (κ3) is 3.30. The Labute approximate surface area is 119 Å². The number of nitrogens with zero attached hydrogens (tertiary/aromatic N) is 2. The number of ether oxygens (including phenoxy) is 1. The SMILES string of the molecule is O=C(CNCC1CCCO1)N1CCN(C2CC2)C(=O)C1. The van der Waals surface area contributed by atoms with Gasteiger partial charge in [-0.25, -0.2) is 0 Å². The molecule has 0 aromatic carbocycles. The first kappa shape index (κ1) is 13.8. The van der Waals surface area contributed by atoms with Gasteiger partial charge in [-0.05, 0) is 25.7 Å². The zero-order chi connectivity index (χ0) is 13.9. The molecular formula is C14H23N3O3. The first-order valence-corrected chi connectivity index (χ1v) is 7.63. The van der Waals surface area contributed by atoms with E-state index >= 15 is 0 Å². The zero-order valence-corrected chi connectivity index (χ0v) is 11.8. The van der Waals surface area contributed by atoms with Crippen LogP contribution >= 0.6 is 0 Å². The summed E-state index contributed by atoms with van der Waals surface area (Å²) in [5, 5.41) is 3.14. The monoisotopic (exact) mass is 281 g/mol. The Morgan fingerprint density at radius 3 is 2.80 bits per heavy atom. The van der Waals surface area contributed by atoms with Crippen LogP contribution < -0.4 is 5.32 Å². The summed E-state index contributed by atoms with van der Waals surface area (Å²) in [5.74, 6) is 0.123. The van der Waals surface area contributed by atoms with Crippen LogP contribution in [0.15, 0.2) is 0 Å². The van der Waals surface area contributed by atoms with Crippen LogP contribution in [0.2, 0.25) is 0 Å². The van der Waals surface area contributed by atoms with Crippen molar-refractivity contribution in [2.24, 2.45) is 0 Å². The van der Waals surface area contributed by atoms with E-state index in [4.69, 9.17) is 4.74 Å². The van der Waals surface area contributed by atoms with Crippen LogP contribution in [-0.2, 0) is 14.3 Å². The van der Waals surface area contributed by atoms with Gasteiger partial charge >= 0.3 is 0 Å². The molecule has 0 aromatic rings. The summed E-state index contributed by atoms with van der Waals surface area (Å²) in [7, 11) is 0. The zero-order valence-electron chi connectivity index (χ0n) is 11.8. The molecule has 6 nitrogen and oxygen atoms in total. The molecular weight excluding hydrogens is 258 g/mol. The minimum Gasteiger partial charge on any atom is -0.377 e. The highest BCUT2D eigenvalue weighted by atomic mass is 16.5. The fourth-order valence-corrected chi connectivity index (χ4v) is 2.93. The average Bonchev–Trinajstić information content (AvgIpc) is 3.15. The number of rotatable bonds is 5. The fraction of sp³-hybridized carbons (Fsp3) is 0.857. The molecule has 1 atom stereocenters. The van der Waals surface area contributed by atoms with Crippen molar-refractivity contribution in [3.63, 3.8) is 0 Å². The highest BCUT2D eigenvalue weighted by molar-refractivity contribution is 5.87. The molecule has 2 amide bonds. The van der Waals surface area contributed by atoms with E-state index in [1.807, 2.05) is 4.90 Å². The lowest BCUT2D eigenvalue weighted by molar-refractivity contribution is -0.145. The quantitative estimate of drug-likeness (QED) is 0.744. The molecule has 2 heterocycles. The first-order valence-electron chi connectivity index (χ1n) is 7.63. The van der Waals surface area contributed by atoms with Gasteiger partial charge in [0.25, 0.3) is 0 Å². The minimum atomic E-state index is 0.0202. The van der Waals surface area contributed by atoms with E-state index in [9.17, 15) is 9.59 Å². The summed E-state index contributed by atoms with van der Waals surface area (Å²) >= 11 is 0. The lowest BCUT2D eigenvalue weighted by atomic mass is 10.2. The Morgan fingerprint density at radius 2 is 2.15 bits per heavy atom. The van der Waals surface area contributed by atoms with Crippen LogP contribution in [0.5, 0.6) is 0 Å². The van der Waals surface area contributed by atoms with Gasteiger partial charge in [-0.15, -0.1) is 0 Å². The second-order valence-corrected chi connectivity index (χ2v) is 5.90. The number of carbonyl (C=O) groups excluding carboxylic acids is 2. The maximum atomic E-state index is 12.1. The molecule has 0 spiro atoms. The summed E-state index contributed by atoms with van der Waals surface area (Å²) in [6.45, 7) is 3.47. The van der Waals surface area contributed by atoms with E-state index < -0.39 is 0 Å². The van der Waals surface area contributed by atoms with Gasteiger partial charge in [0.05, 0.1) is 19.2 Å². The second-order valence-electron chi connectivity index (χ2n) is 5.90.